The van der Waals surface area contributed by atoms with Gasteiger partial charge in [-0.2, -0.15) is 0 Å². The van der Waals surface area contributed by atoms with Gasteiger partial charge in [0.05, 0.1) is 0 Å². The monoisotopic (exact) mass is 598 g/mol. The van der Waals surface area contributed by atoms with Crippen molar-refractivity contribution >= 4 is 46.4 Å². The van der Waals surface area contributed by atoms with Crippen molar-refractivity contribution in [3.05, 3.63) is 132 Å². The van der Waals surface area contributed by atoms with Crippen LogP contribution in [0.4, 0.5) is 22.7 Å². The van der Waals surface area contributed by atoms with Crippen molar-refractivity contribution in [1.82, 2.24) is 0 Å². The van der Waals surface area contributed by atoms with Crippen molar-refractivity contribution in [2.24, 2.45) is 23.7 Å². The molecule has 0 bridgehead atoms. The standard InChI is InChI=1S/C37H34N4O4/c1-3-8-30(32-17-22(32)2)36(44)40-28-14-6-12-26(20-28)38-34(42)24-10-4-11-25(18-24)35(43)39-27-13-7-15-29(21-27)41-37(45)31-16-5-9-23-19-33(23)31/h3-16,18,20-23,32-33H,1,17,19H2,2H3,(H,38,42)(H,39,43)(H,40,44)(H,41,45)/b30-8+. The van der Waals surface area contributed by atoms with E-state index >= 15 is 0 Å². The van der Waals surface area contributed by atoms with E-state index in [0.717, 1.165) is 18.4 Å². The number of carbonyl (C=O) groups is 4. The zero-order valence-electron chi connectivity index (χ0n) is 24.9. The molecule has 0 heterocycles. The molecule has 4 N–H and O–H groups in total. The van der Waals surface area contributed by atoms with Gasteiger partial charge in [0, 0.05) is 45.0 Å². The quantitative estimate of drug-likeness (QED) is 0.149. The SMILES string of the molecule is C=C/C=C(/C(=O)Nc1cccc(NC(=O)c2cccc(C(=O)Nc3cccc(NC(=O)C4=CC=CC5CC45)c3)c2)c1)C1CC1C. The number of hydrogen-bond donors (Lipinski definition) is 4. The predicted octanol–water partition coefficient (Wildman–Crippen LogP) is 6.97. The van der Waals surface area contributed by atoms with E-state index in [0.29, 0.717) is 57.2 Å². The van der Waals surface area contributed by atoms with Crippen molar-refractivity contribution in [2.75, 3.05) is 21.3 Å². The molecular formula is C37H34N4O4. The van der Waals surface area contributed by atoms with Gasteiger partial charge < -0.3 is 21.3 Å². The lowest BCUT2D eigenvalue weighted by Crippen LogP contribution is -2.18. The molecule has 3 aliphatic carbocycles. The number of benzene rings is 3. The molecule has 2 saturated carbocycles. The minimum atomic E-state index is -0.401. The van der Waals surface area contributed by atoms with E-state index in [9.17, 15) is 19.2 Å². The molecule has 2 fully saturated rings. The Balaban J connectivity index is 1.07. The molecule has 8 nitrogen and oxygen atoms in total. The van der Waals surface area contributed by atoms with E-state index in [1.54, 1.807) is 78.9 Å². The fourth-order valence-electron chi connectivity index (χ4n) is 5.67. The number of allylic oxidation sites excluding steroid dienone is 5. The summed E-state index contributed by atoms with van der Waals surface area (Å²) in [6.45, 7) is 5.83. The third-order valence-electron chi connectivity index (χ3n) is 8.35. The van der Waals surface area contributed by atoms with Gasteiger partial charge in [-0.1, -0.05) is 62.1 Å². The number of fused-ring (bicyclic) bond motifs is 1. The van der Waals surface area contributed by atoms with Crippen LogP contribution in [0.1, 0.15) is 40.5 Å². The molecule has 4 amide bonds. The van der Waals surface area contributed by atoms with E-state index in [1.165, 1.54) is 6.07 Å². The van der Waals surface area contributed by atoms with Crippen LogP contribution in [0.15, 0.2) is 121 Å². The number of nitrogens with one attached hydrogen (secondary N) is 4. The van der Waals surface area contributed by atoms with Gasteiger partial charge in [-0.05, 0) is 91.1 Å². The van der Waals surface area contributed by atoms with Crippen LogP contribution in [0.25, 0.3) is 0 Å². The summed E-state index contributed by atoms with van der Waals surface area (Å²) in [6, 6.07) is 20.3. The van der Waals surface area contributed by atoms with Gasteiger partial charge in [0.15, 0.2) is 0 Å². The molecule has 6 rings (SSSR count). The molecule has 4 unspecified atom stereocenters. The Morgan fingerprint density at radius 2 is 1.27 bits per heavy atom. The van der Waals surface area contributed by atoms with Crippen LogP contribution in [0, 0.1) is 23.7 Å². The van der Waals surface area contributed by atoms with E-state index in [-0.39, 0.29) is 17.7 Å². The Bertz CT molecular complexity index is 1800. The van der Waals surface area contributed by atoms with Crippen LogP contribution in [0.2, 0.25) is 0 Å². The number of amides is 4. The molecule has 3 aromatic rings. The zero-order valence-corrected chi connectivity index (χ0v) is 24.9. The number of anilines is 4. The summed E-state index contributed by atoms with van der Waals surface area (Å²) in [5, 5.41) is 11.5. The van der Waals surface area contributed by atoms with Crippen LogP contribution in [0.3, 0.4) is 0 Å². The third-order valence-corrected chi connectivity index (χ3v) is 8.35. The molecule has 4 atom stereocenters. The van der Waals surface area contributed by atoms with Crippen LogP contribution in [-0.2, 0) is 9.59 Å². The van der Waals surface area contributed by atoms with Crippen LogP contribution >= 0.6 is 0 Å². The maximum Gasteiger partial charge on any atom is 0.255 e. The normalized spacial score (nSPS) is 21.0. The molecule has 0 aromatic heterocycles. The Morgan fingerprint density at radius 3 is 1.82 bits per heavy atom. The van der Waals surface area contributed by atoms with Gasteiger partial charge in [0.2, 0.25) is 0 Å². The third kappa shape index (κ3) is 7.02. The molecule has 0 spiro atoms. The second-order valence-electron chi connectivity index (χ2n) is 11.7. The van der Waals surface area contributed by atoms with Gasteiger partial charge >= 0.3 is 0 Å². The summed E-state index contributed by atoms with van der Waals surface area (Å²) in [5.41, 5.74) is 4.21. The van der Waals surface area contributed by atoms with Gasteiger partial charge in [-0.25, -0.2) is 0 Å². The Labute approximate surface area is 262 Å². The van der Waals surface area contributed by atoms with E-state index in [4.69, 9.17) is 0 Å². The Kier molecular flexibility index (Phi) is 8.29. The summed E-state index contributed by atoms with van der Waals surface area (Å²) >= 11 is 0. The van der Waals surface area contributed by atoms with Crippen LogP contribution < -0.4 is 21.3 Å². The zero-order chi connectivity index (χ0) is 31.5. The van der Waals surface area contributed by atoms with Crippen LogP contribution in [-0.4, -0.2) is 23.6 Å². The summed E-state index contributed by atoms with van der Waals surface area (Å²) < 4.78 is 0. The molecule has 0 aliphatic heterocycles. The molecule has 3 aliphatic rings. The topological polar surface area (TPSA) is 116 Å². The first-order valence-corrected chi connectivity index (χ1v) is 15.1. The Morgan fingerprint density at radius 1 is 0.733 bits per heavy atom. The highest BCUT2D eigenvalue weighted by Crippen LogP contribution is 2.47. The largest absolute Gasteiger partial charge is 0.322 e. The number of hydrogen-bond acceptors (Lipinski definition) is 4. The maximum absolute atomic E-state index is 13.1. The number of carbonyl (C=O) groups excluding carboxylic acids is 4. The maximum atomic E-state index is 13.1. The highest BCUT2D eigenvalue weighted by atomic mass is 16.2. The van der Waals surface area contributed by atoms with Gasteiger partial charge in [0.1, 0.15) is 0 Å². The molecular weight excluding hydrogens is 564 g/mol. The summed E-state index contributed by atoms with van der Waals surface area (Å²) in [7, 11) is 0. The summed E-state index contributed by atoms with van der Waals surface area (Å²) in [6.07, 6.45) is 11.3. The van der Waals surface area contributed by atoms with Crippen molar-refractivity contribution in [2.45, 2.75) is 19.8 Å². The molecule has 45 heavy (non-hydrogen) atoms. The molecule has 3 aromatic carbocycles. The van der Waals surface area contributed by atoms with Gasteiger partial charge in [-0.15, -0.1) is 0 Å². The Hall–Kier alpha value is -5.50. The molecule has 0 radical (unpaired) electrons. The lowest BCUT2D eigenvalue weighted by Gasteiger charge is -2.12. The van der Waals surface area contributed by atoms with Crippen molar-refractivity contribution in [3.63, 3.8) is 0 Å². The minimum Gasteiger partial charge on any atom is -0.322 e. The number of rotatable bonds is 10. The average Bonchev–Trinajstić information content (AvgIpc) is 3.96. The lowest BCUT2D eigenvalue weighted by atomic mass is 10.0. The van der Waals surface area contributed by atoms with Crippen molar-refractivity contribution in [1.29, 1.82) is 0 Å². The first-order valence-electron chi connectivity index (χ1n) is 15.1. The molecule has 8 heteroatoms. The fourth-order valence-corrected chi connectivity index (χ4v) is 5.67. The highest BCUT2D eigenvalue weighted by molar-refractivity contribution is 6.10. The van der Waals surface area contributed by atoms with E-state index < -0.39 is 11.8 Å². The smallest absolute Gasteiger partial charge is 0.255 e. The minimum absolute atomic E-state index is 0.135. The van der Waals surface area contributed by atoms with Crippen molar-refractivity contribution in [3.8, 4) is 0 Å². The van der Waals surface area contributed by atoms with Gasteiger partial charge in [-0.3, -0.25) is 19.2 Å². The predicted molar refractivity (Wildman–Crippen MR) is 177 cm³/mol. The summed E-state index contributed by atoms with van der Waals surface area (Å²) in [4.78, 5) is 51.9. The van der Waals surface area contributed by atoms with Crippen molar-refractivity contribution < 1.29 is 19.2 Å². The molecule has 226 valence electrons. The second-order valence-corrected chi connectivity index (χ2v) is 11.7. The fraction of sp³-hybridized carbons (Fsp3) is 0.189. The molecule has 0 saturated heterocycles. The van der Waals surface area contributed by atoms with Crippen LogP contribution in [0.5, 0.6) is 0 Å². The first kappa shape index (κ1) is 29.6. The average molecular weight is 599 g/mol. The summed E-state index contributed by atoms with van der Waals surface area (Å²) in [5.74, 6) is 0.337. The second kappa shape index (κ2) is 12.6. The highest BCUT2D eigenvalue weighted by Gasteiger charge is 2.41. The first-order chi connectivity index (χ1) is 21.8. The van der Waals surface area contributed by atoms with Gasteiger partial charge in [0.25, 0.3) is 23.6 Å². The van der Waals surface area contributed by atoms with E-state index in [2.05, 4.69) is 40.8 Å². The lowest BCUT2D eigenvalue weighted by molar-refractivity contribution is -0.113. The van der Waals surface area contributed by atoms with E-state index in [1.807, 2.05) is 12.2 Å².